The van der Waals surface area contributed by atoms with Crippen LogP contribution < -0.4 is 15.5 Å². The number of benzene rings is 1. The third kappa shape index (κ3) is 2.91. The van der Waals surface area contributed by atoms with Crippen LogP contribution in [0.5, 0.6) is 0 Å². The minimum absolute atomic E-state index is 0.615. The van der Waals surface area contributed by atoms with E-state index in [1.807, 2.05) is 19.3 Å². The minimum atomic E-state index is 0.615. The molecule has 2 heterocycles. The monoisotopic (exact) mass is 268 g/mol. The fourth-order valence-electron chi connectivity index (χ4n) is 2.37. The van der Waals surface area contributed by atoms with Gasteiger partial charge in [-0.25, -0.2) is 4.98 Å². The standard InChI is InChI=1S/C16H20N4/c1-17-14-11-20(12-14)15-7-8-18-16(9-15)19-10-13-5-3-2-4-6-13/h2-9,14,17H,10-12H2,1H3,(H,18,19). The Morgan fingerprint density at radius 2 is 2.00 bits per heavy atom. The van der Waals surface area contributed by atoms with E-state index in [1.54, 1.807) is 0 Å². The summed E-state index contributed by atoms with van der Waals surface area (Å²) in [7, 11) is 2.02. The van der Waals surface area contributed by atoms with Crippen molar-refractivity contribution in [1.82, 2.24) is 10.3 Å². The van der Waals surface area contributed by atoms with Crippen LogP contribution >= 0.6 is 0 Å². The zero-order chi connectivity index (χ0) is 13.8. The smallest absolute Gasteiger partial charge is 0.128 e. The average Bonchev–Trinajstić information content (AvgIpc) is 2.46. The summed E-state index contributed by atoms with van der Waals surface area (Å²) in [4.78, 5) is 6.74. The number of rotatable bonds is 5. The fourth-order valence-corrected chi connectivity index (χ4v) is 2.37. The number of nitrogens with one attached hydrogen (secondary N) is 2. The van der Waals surface area contributed by atoms with E-state index in [2.05, 4.69) is 56.9 Å². The lowest BCUT2D eigenvalue weighted by Crippen LogP contribution is -2.57. The van der Waals surface area contributed by atoms with Crippen LogP contribution in [0.2, 0.25) is 0 Å². The largest absolute Gasteiger partial charge is 0.368 e. The van der Waals surface area contributed by atoms with Gasteiger partial charge in [-0.2, -0.15) is 0 Å². The Morgan fingerprint density at radius 1 is 1.20 bits per heavy atom. The highest BCUT2D eigenvalue weighted by Gasteiger charge is 2.25. The van der Waals surface area contributed by atoms with Gasteiger partial charge in [0, 0.05) is 43.6 Å². The predicted molar refractivity (Wildman–Crippen MR) is 83.1 cm³/mol. The summed E-state index contributed by atoms with van der Waals surface area (Å²) in [5.41, 5.74) is 2.50. The number of nitrogens with zero attached hydrogens (tertiary/aromatic N) is 2. The zero-order valence-corrected chi connectivity index (χ0v) is 11.7. The molecular weight excluding hydrogens is 248 g/mol. The molecular formula is C16H20N4. The van der Waals surface area contributed by atoms with Crippen LogP contribution in [0.4, 0.5) is 11.5 Å². The van der Waals surface area contributed by atoms with Gasteiger partial charge >= 0.3 is 0 Å². The first-order valence-corrected chi connectivity index (χ1v) is 7.01. The summed E-state index contributed by atoms with van der Waals surface area (Å²) in [5.74, 6) is 0.930. The normalized spacial score (nSPS) is 14.9. The molecule has 0 atom stereocenters. The molecule has 1 saturated heterocycles. The van der Waals surface area contributed by atoms with Crippen molar-refractivity contribution in [3.8, 4) is 0 Å². The fraction of sp³-hybridized carbons (Fsp3) is 0.312. The Balaban J connectivity index is 1.60. The van der Waals surface area contributed by atoms with Gasteiger partial charge < -0.3 is 15.5 Å². The summed E-state index contributed by atoms with van der Waals surface area (Å²) >= 11 is 0. The zero-order valence-electron chi connectivity index (χ0n) is 11.7. The maximum absolute atomic E-state index is 4.38. The number of likely N-dealkylation sites (N-methyl/N-ethyl adjacent to an activating group) is 1. The Morgan fingerprint density at radius 3 is 2.75 bits per heavy atom. The Bertz CT molecular complexity index is 549. The third-order valence-electron chi connectivity index (χ3n) is 3.71. The topological polar surface area (TPSA) is 40.2 Å². The van der Waals surface area contributed by atoms with Gasteiger partial charge in [0.25, 0.3) is 0 Å². The average molecular weight is 268 g/mol. The lowest BCUT2D eigenvalue weighted by Gasteiger charge is -2.40. The molecule has 0 saturated carbocycles. The van der Waals surface area contributed by atoms with Crippen molar-refractivity contribution in [2.24, 2.45) is 0 Å². The number of hydrogen-bond acceptors (Lipinski definition) is 4. The maximum atomic E-state index is 4.38. The van der Waals surface area contributed by atoms with Gasteiger partial charge in [0.15, 0.2) is 0 Å². The molecule has 3 rings (SSSR count). The van der Waals surface area contributed by atoms with E-state index in [0.717, 1.165) is 25.5 Å². The Hall–Kier alpha value is -2.07. The van der Waals surface area contributed by atoms with Gasteiger partial charge in [-0.3, -0.25) is 0 Å². The third-order valence-corrected chi connectivity index (χ3v) is 3.71. The van der Waals surface area contributed by atoms with Crippen molar-refractivity contribution in [2.75, 3.05) is 30.4 Å². The molecule has 2 N–H and O–H groups in total. The first kappa shape index (κ1) is 12.9. The molecule has 0 bridgehead atoms. The number of aromatic nitrogens is 1. The van der Waals surface area contributed by atoms with Crippen LogP contribution in [-0.4, -0.2) is 31.2 Å². The minimum Gasteiger partial charge on any atom is -0.368 e. The SMILES string of the molecule is CNC1CN(c2ccnc(NCc3ccccc3)c2)C1. The highest BCUT2D eigenvalue weighted by Crippen LogP contribution is 2.22. The van der Waals surface area contributed by atoms with E-state index < -0.39 is 0 Å². The number of anilines is 2. The molecule has 0 radical (unpaired) electrons. The van der Waals surface area contributed by atoms with Crippen molar-refractivity contribution < 1.29 is 0 Å². The van der Waals surface area contributed by atoms with Crippen LogP contribution in [0, 0.1) is 0 Å². The van der Waals surface area contributed by atoms with Crippen molar-refractivity contribution in [1.29, 1.82) is 0 Å². The van der Waals surface area contributed by atoms with Gasteiger partial charge in [0.2, 0.25) is 0 Å². The van der Waals surface area contributed by atoms with Crippen molar-refractivity contribution in [3.63, 3.8) is 0 Å². The second-order valence-corrected chi connectivity index (χ2v) is 5.13. The van der Waals surface area contributed by atoms with Gasteiger partial charge in [0.05, 0.1) is 0 Å². The first-order chi connectivity index (χ1) is 9.85. The van der Waals surface area contributed by atoms with Crippen molar-refractivity contribution in [3.05, 3.63) is 54.2 Å². The van der Waals surface area contributed by atoms with Crippen LogP contribution in [0.3, 0.4) is 0 Å². The highest BCUT2D eigenvalue weighted by molar-refractivity contribution is 5.55. The first-order valence-electron chi connectivity index (χ1n) is 7.01. The number of hydrogen-bond donors (Lipinski definition) is 2. The van der Waals surface area contributed by atoms with Gasteiger partial charge in [-0.15, -0.1) is 0 Å². The summed E-state index contributed by atoms with van der Waals surface area (Å²) < 4.78 is 0. The predicted octanol–water partition coefficient (Wildman–Crippen LogP) is 2.10. The quantitative estimate of drug-likeness (QED) is 0.871. The lowest BCUT2D eigenvalue weighted by molar-refractivity contribution is 0.450. The molecule has 2 aromatic rings. The molecule has 0 aliphatic carbocycles. The summed E-state index contributed by atoms with van der Waals surface area (Å²) in [6.07, 6.45) is 1.87. The lowest BCUT2D eigenvalue weighted by atomic mass is 10.1. The van der Waals surface area contributed by atoms with Crippen LogP contribution in [0.25, 0.3) is 0 Å². The molecule has 1 aromatic heterocycles. The van der Waals surface area contributed by atoms with Crippen LogP contribution in [0.1, 0.15) is 5.56 Å². The molecule has 1 aliphatic rings. The van der Waals surface area contributed by atoms with E-state index in [9.17, 15) is 0 Å². The molecule has 1 fully saturated rings. The molecule has 0 amide bonds. The molecule has 0 unspecified atom stereocenters. The van der Waals surface area contributed by atoms with Gasteiger partial charge in [0.1, 0.15) is 5.82 Å². The molecule has 20 heavy (non-hydrogen) atoms. The second-order valence-electron chi connectivity index (χ2n) is 5.13. The summed E-state index contributed by atoms with van der Waals surface area (Å²) in [5, 5.41) is 6.67. The van der Waals surface area contributed by atoms with E-state index >= 15 is 0 Å². The van der Waals surface area contributed by atoms with E-state index in [0.29, 0.717) is 6.04 Å². The summed E-state index contributed by atoms with van der Waals surface area (Å²) in [6, 6.07) is 15.2. The number of pyridine rings is 1. The molecule has 1 aromatic carbocycles. The Labute approximate surface area is 119 Å². The van der Waals surface area contributed by atoms with E-state index in [-0.39, 0.29) is 0 Å². The molecule has 4 nitrogen and oxygen atoms in total. The Kier molecular flexibility index (Phi) is 3.83. The molecule has 104 valence electrons. The van der Waals surface area contributed by atoms with Crippen molar-refractivity contribution in [2.45, 2.75) is 12.6 Å². The molecule has 4 heteroatoms. The van der Waals surface area contributed by atoms with Crippen molar-refractivity contribution >= 4 is 11.5 Å². The maximum Gasteiger partial charge on any atom is 0.128 e. The van der Waals surface area contributed by atoms with Crippen LogP contribution in [0.15, 0.2) is 48.7 Å². The van der Waals surface area contributed by atoms with Gasteiger partial charge in [-0.1, -0.05) is 30.3 Å². The van der Waals surface area contributed by atoms with Crippen LogP contribution in [-0.2, 0) is 6.54 Å². The second kappa shape index (κ2) is 5.92. The van der Waals surface area contributed by atoms with Gasteiger partial charge in [-0.05, 0) is 18.7 Å². The van der Waals surface area contributed by atoms with E-state index in [4.69, 9.17) is 0 Å². The molecule has 0 spiro atoms. The highest BCUT2D eigenvalue weighted by atomic mass is 15.2. The van der Waals surface area contributed by atoms with E-state index in [1.165, 1.54) is 11.3 Å². The summed E-state index contributed by atoms with van der Waals surface area (Å²) in [6.45, 7) is 2.94. The molecule has 1 aliphatic heterocycles.